The molecular formula is C6H10N3+. The van der Waals surface area contributed by atoms with Crippen LogP contribution in [0.2, 0.25) is 0 Å². The molecule has 0 aliphatic carbocycles. The first-order valence-electron chi connectivity index (χ1n) is 3.23. The Hall–Kier alpha value is -0.830. The maximum atomic E-state index is 3.29. The number of rotatable bonds is 0. The Morgan fingerprint density at radius 1 is 1.56 bits per heavy atom. The van der Waals surface area contributed by atoms with Crippen molar-refractivity contribution in [3.63, 3.8) is 0 Å². The zero-order valence-electron chi connectivity index (χ0n) is 5.22. The average Bonchev–Trinajstić information content (AvgIpc) is 2.33. The number of nitrogens with zero attached hydrogens (tertiary/aromatic N) is 1. The predicted octanol–water partition coefficient (Wildman–Crippen LogP) is -0.595. The largest absolute Gasteiger partial charge is 0.301 e. The number of aromatic amines is 1. The number of hydrogen-bond donors (Lipinski definition) is 2. The molecule has 3 nitrogen and oxygen atoms in total. The van der Waals surface area contributed by atoms with Gasteiger partial charge in [-0.3, -0.25) is 0 Å². The molecular weight excluding hydrogens is 114 g/mol. The van der Waals surface area contributed by atoms with Crippen LogP contribution in [-0.4, -0.2) is 11.6 Å². The molecule has 2 heterocycles. The minimum absolute atomic E-state index is 1.00. The normalized spacial score (nSPS) is 17.3. The Bertz CT molecular complexity index is 183. The van der Waals surface area contributed by atoms with E-state index in [0.29, 0.717) is 0 Å². The van der Waals surface area contributed by atoms with Crippen molar-refractivity contribution in [2.24, 2.45) is 0 Å². The third-order valence-electron chi connectivity index (χ3n) is 1.67. The van der Waals surface area contributed by atoms with Gasteiger partial charge in [0.05, 0.1) is 19.3 Å². The molecule has 0 saturated carbocycles. The number of nitrogens with one attached hydrogen (secondary N) is 2. The van der Waals surface area contributed by atoms with E-state index in [0.717, 1.165) is 19.6 Å². The Morgan fingerprint density at radius 3 is 3.44 bits per heavy atom. The van der Waals surface area contributed by atoms with Gasteiger partial charge in [-0.25, -0.2) is 0 Å². The molecule has 0 unspecified atom stereocenters. The zero-order valence-corrected chi connectivity index (χ0v) is 5.22. The van der Waals surface area contributed by atoms with Gasteiger partial charge in [-0.2, -0.15) is 5.10 Å². The molecule has 0 aromatic carbocycles. The highest BCUT2D eigenvalue weighted by atomic mass is 15.3. The summed E-state index contributed by atoms with van der Waals surface area (Å²) in [6, 6.07) is 2.10. The van der Waals surface area contributed by atoms with Crippen molar-refractivity contribution in [1.29, 1.82) is 0 Å². The summed E-state index contributed by atoms with van der Waals surface area (Å²) < 4.78 is 2.16. The maximum Gasteiger partial charge on any atom is 0.221 e. The van der Waals surface area contributed by atoms with Crippen LogP contribution in [0, 0.1) is 0 Å². The summed E-state index contributed by atoms with van der Waals surface area (Å²) in [5, 5.41) is 6.42. The summed E-state index contributed by atoms with van der Waals surface area (Å²) in [6.07, 6.45) is 1.97. The SMILES string of the molecule is c1cc2[n+]([nH]1)CCNC2. The van der Waals surface area contributed by atoms with Crippen LogP contribution in [0.25, 0.3) is 0 Å². The van der Waals surface area contributed by atoms with Gasteiger partial charge in [0.1, 0.15) is 0 Å². The fourth-order valence-corrected chi connectivity index (χ4v) is 1.17. The maximum absolute atomic E-state index is 3.29. The van der Waals surface area contributed by atoms with E-state index >= 15 is 0 Å². The standard InChI is InChI=1S/C6H9N3/c1-2-8-9-4-3-7-5-6(1)9/h1-2,7H,3-5H2/p+1. The molecule has 0 radical (unpaired) electrons. The van der Waals surface area contributed by atoms with Crippen LogP contribution in [0.1, 0.15) is 5.69 Å². The quantitative estimate of drug-likeness (QED) is 0.445. The third kappa shape index (κ3) is 0.733. The molecule has 0 saturated heterocycles. The van der Waals surface area contributed by atoms with Gasteiger partial charge in [-0.05, 0) is 0 Å². The summed E-state index contributed by atoms with van der Waals surface area (Å²) >= 11 is 0. The Balaban J connectivity index is 2.39. The van der Waals surface area contributed by atoms with Crippen LogP contribution >= 0.6 is 0 Å². The molecule has 0 amide bonds. The topological polar surface area (TPSA) is 31.7 Å². The van der Waals surface area contributed by atoms with Crippen LogP contribution in [-0.2, 0) is 13.1 Å². The van der Waals surface area contributed by atoms with Crippen LogP contribution in [0.4, 0.5) is 0 Å². The van der Waals surface area contributed by atoms with Crippen molar-refractivity contribution >= 4 is 0 Å². The van der Waals surface area contributed by atoms with Crippen molar-refractivity contribution < 1.29 is 4.68 Å². The Morgan fingerprint density at radius 2 is 2.56 bits per heavy atom. The number of hydrogen-bond acceptors (Lipinski definition) is 1. The molecule has 2 N–H and O–H groups in total. The lowest BCUT2D eigenvalue weighted by molar-refractivity contribution is -0.759. The second-order valence-electron chi connectivity index (χ2n) is 2.28. The van der Waals surface area contributed by atoms with Crippen LogP contribution in [0.5, 0.6) is 0 Å². The van der Waals surface area contributed by atoms with Gasteiger partial charge in [-0.15, -0.1) is 4.68 Å². The van der Waals surface area contributed by atoms with Gasteiger partial charge >= 0.3 is 0 Å². The van der Waals surface area contributed by atoms with Gasteiger partial charge in [0, 0.05) is 6.07 Å². The van der Waals surface area contributed by atoms with Crippen molar-refractivity contribution in [1.82, 2.24) is 10.4 Å². The van der Waals surface area contributed by atoms with Crippen LogP contribution < -0.4 is 10.00 Å². The van der Waals surface area contributed by atoms with Crippen molar-refractivity contribution in [3.05, 3.63) is 18.0 Å². The third-order valence-corrected chi connectivity index (χ3v) is 1.67. The van der Waals surface area contributed by atoms with Crippen molar-refractivity contribution in [3.8, 4) is 0 Å². The first-order valence-corrected chi connectivity index (χ1v) is 3.23. The smallest absolute Gasteiger partial charge is 0.221 e. The number of aromatic nitrogens is 2. The summed E-state index contributed by atoms with van der Waals surface area (Å²) in [5.41, 5.74) is 1.35. The van der Waals surface area contributed by atoms with E-state index < -0.39 is 0 Å². The summed E-state index contributed by atoms with van der Waals surface area (Å²) in [4.78, 5) is 0. The van der Waals surface area contributed by atoms with E-state index in [4.69, 9.17) is 0 Å². The molecule has 48 valence electrons. The molecule has 1 aliphatic heterocycles. The molecule has 0 atom stereocenters. The first-order chi connectivity index (χ1) is 4.47. The molecule has 2 rings (SSSR count). The molecule has 0 fully saturated rings. The van der Waals surface area contributed by atoms with Crippen LogP contribution in [0.3, 0.4) is 0 Å². The summed E-state index contributed by atoms with van der Waals surface area (Å²) in [7, 11) is 0. The molecule has 9 heavy (non-hydrogen) atoms. The zero-order chi connectivity index (χ0) is 6.10. The Kier molecular flexibility index (Phi) is 1.02. The minimum Gasteiger partial charge on any atom is -0.301 e. The lowest BCUT2D eigenvalue weighted by Crippen LogP contribution is -2.49. The lowest BCUT2D eigenvalue weighted by atomic mass is 10.3. The highest BCUT2D eigenvalue weighted by molar-refractivity contribution is 4.91. The van der Waals surface area contributed by atoms with E-state index in [1.165, 1.54) is 5.69 Å². The monoisotopic (exact) mass is 124 g/mol. The highest BCUT2D eigenvalue weighted by Crippen LogP contribution is 1.91. The molecule has 1 aromatic rings. The summed E-state index contributed by atoms with van der Waals surface area (Å²) in [6.45, 7) is 3.16. The van der Waals surface area contributed by atoms with E-state index in [1.54, 1.807) is 0 Å². The molecule has 1 aliphatic rings. The predicted molar refractivity (Wildman–Crippen MR) is 32.7 cm³/mol. The fourth-order valence-electron chi connectivity index (χ4n) is 1.17. The van der Waals surface area contributed by atoms with E-state index in [1.807, 2.05) is 6.20 Å². The second-order valence-corrected chi connectivity index (χ2v) is 2.28. The van der Waals surface area contributed by atoms with Gasteiger partial charge < -0.3 is 5.32 Å². The number of fused-ring (bicyclic) bond motifs is 1. The molecule has 0 spiro atoms. The van der Waals surface area contributed by atoms with Gasteiger partial charge in [0.2, 0.25) is 5.69 Å². The molecule has 3 heteroatoms. The van der Waals surface area contributed by atoms with E-state index in [2.05, 4.69) is 21.2 Å². The summed E-state index contributed by atoms with van der Waals surface area (Å²) in [5.74, 6) is 0. The van der Waals surface area contributed by atoms with E-state index in [-0.39, 0.29) is 0 Å². The average molecular weight is 124 g/mol. The fraction of sp³-hybridized carbons (Fsp3) is 0.500. The van der Waals surface area contributed by atoms with Crippen molar-refractivity contribution in [2.45, 2.75) is 13.1 Å². The van der Waals surface area contributed by atoms with Crippen LogP contribution in [0.15, 0.2) is 12.3 Å². The van der Waals surface area contributed by atoms with Crippen molar-refractivity contribution in [2.75, 3.05) is 6.54 Å². The minimum atomic E-state index is 1.00. The Labute approximate surface area is 53.7 Å². The van der Waals surface area contributed by atoms with Gasteiger partial charge in [0.25, 0.3) is 0 Å². The first kappa shape index (κ1) is 4.99. The second kappa shape index (κ2) is 1.84. The van der Waals surface area contributed by atoms with Gasteiger partial charge in [-0.1, -0.05) is 0 Å². The van der Waals surface area contributed by atoms with E-state index in [9.17, 15) is 0 Å². The molecule has 1 aromatic heterocycles. The molecule has 0 bridgehead atoms. The lowest BCUT2D eigenvalue weighted by Gasteiger charge is -2.04. The number of H-pyrrole nitrogens is 1. The highest BCUT2D eigenvalue weighted by Gasteiger charge is 2.14. The van der Waals surface area contributed by atoms with Gasteiger partial charge in [0.15, 0.2) is 6.54 Å².